The summed E-state index contributed by atoms with van der Waals surface area (Å²) in [6.45, 7) is 0. The Morgan fingerprint density at radius 3 is 2.47 bits per heavy atom. The number of hydrogen-bond donors (Lipinski definition) is 2. The maximum absolute atomic E-state index is 13.1. The number of amides is 2. The van der Waals surface area contributed by atoms with Crippen molar-refractivity contribution in [1.29, 1.82) is 0 Å². The standard InChI is InChI=1S/C24H19N3O2S/c28-23(25-17-11-12-17)15-7-9-16(10-8-15)26-24(29)19-14-21(22-6-3-13-30-22)27-20-5-2-1-4-18(19)20/h1-10,13-14,17H,11-12H2,(H,25,28)(H,26,29). The van der Waals surface area contributed by atoms with Crippen molar-refractivity contribution in [3.63, 3.8) is 0 Å². The van der Waals surface area contributed by atoms with Crippen LogP contribution in [0.5, 0.6) is 0 Å². The third-order valence-electron chi connectivity index (χ3n) is 5.05. The lowest BCUT2D eigenvalue weighted by Crippen LogP contribution is -2.25. The molecule has 0 atom stereocenters. The largest absolute Gasteiger partial charge is 0.349 e. The second-order valence-electron chi connectivity index (χ2n) is 7.33. The number of nitrogens with zero attached hydrogens (tertiary/aromatic N) is 1. The predicted molar refractivity (Wildman–Crippen MR) is 120 cm³/mol. The van der Waals surface area contributed by atoms with E-state index in [1.54, 1.807) is 35.6 Å². The fourth-order valence-corrected chi connectivity index (χ4v) is 4.00. The zero-order valence-corrected chi connectivity index (χ0v) is 16.9. The van der Waals surface area contributed by atoms with Gasteiger partial charge in [-0.15, -0.1) is 11.3 Å². The molecule has 2 heterocycles. The number of pyridine rings is 1. The summed E-state index contributed by atoms with van der Waals surface area (Å²) >= 11 is 1.59. The van der Waals surface area contributed by atoms with Crippen LogP contribution in [0, 0.1) is 0 Å². The van der Waals surface area contributed by atoms with E-state index in [1.165, 1.54) is 0 Å². The van der Waals surface area contributed by atoms with Gasteiger partial charge in [0.2, 0.25) is 0 Å². The van der Waals surface area contributed by atoms with Gasteiger partial charge >= 0.3 is 0 Å². The molecule has 1 aliphatic carbocycles. The summed E-state index contributed by atoms with van der Waals surface area (Å²) in [7, 11) is 0. The van der Waals surface area contributed by atoms with Crippen molar-refractivity contribution < 1.29 is 9.59 Å². The number of carbonyl (C=O) groups is 2. The van der Waals surface area contributed by atoms with Crippen molar-refractivity contribution in [2.45, 2.75) is 18.9 Å². The highest BCUT2D eigenvalue weighted by molar-refractivity contribution is 7.13. The lowest BCUT2D eigenvalue weighted by molar-refractivity contribution is 0.0950. The van der Waals surface area contributed by atoms with Gasteiger partial charge in [-0.05, 0) is 60.7 Å². The van der Waals surface area contributed by atoms with Crippen molar-refractivity contribution >= 4 is 39.7 Å². The van der Waals surface area contributed by atoms with E-state index in [9.17, 15) is 9.59 Å². The molecule has 6 heteroatoms. The Morgan fingerprint density at radius 1 is 0.933 bits per heavy atom. The molecule has 0 saturated heterocycles. The number of benzene rings is 2. The van der Waals surface area contributed by atoms with Crippen LogP contribution in [0.4, 0.5) is 5.69 Å². The van der Waals surface area contributed by atoms with E-state index >= 15 is 0 Å². The minimum atomic E-state index is -0.207. The number of para-hydroxylation sites is 1. The van der Waals surface area contributed by atoms with Gasteiger partial charge in [-0.3, -0.25) is 9.59 Å². The smallest absolute Gasteiger partial charge is 0.256 e. The fraction of sp³-hybridized carbons (Fsp3) is 0.125. The summed E-state index contributed by atoms with van der Waals surface area (Å²) in [5.74, 6) is -0.280. The third kappa shape index (κ3) is 3.82. The van der Waals surface area contributed by atoms with Crippen LogP contribution >= 0.6 is 11.3 Å². The van der Waals surface area contributed by atoms with E-state index < -0.39 is 0 Å². The van der Waals surface area contributed by atoms with Crippen LogP contribution in [0.15, 0.2) is 72.1 Å². The molecule has 4 aromatic rings. The summed E-state index contributed by atoms with van der Waals surface area (Å²) < 4.78 is 0. The molecule has 1 aliphatic rings. The van der Waals surface area contributed by atoms with Gasteiger partial charge < -0.3 is 10.6 Å². The first-order valence-electron chi connectivity index (χ1n) is 9.83. The molecule has 148 valence electrons. The average Bonchev–Trinajstić information content (AvgIpc) is 3.41. The minimum absolute atomic E-state index is 0.0731. The van der Waals surface area contributed by atoms with E-state index in [-0.39, 0.29) is 11.8 Å². The van der Waals surface area contributed by atoms with Gasteiger partial charge in [0.1, 0.15) is 0 Å². The van der Waals surface area contributed by atoms with Crippen molar-refractivity contribution in [3.8, 4) is 10.6 Å². The Balaban J connectivity index is 1.42. The van der Waals surface area contributed by atoms with E-state index in [4.69, 9.17) is 4.98 Å². The van der Waals surface area contributed by atoms with Crippen LogP contribution in [0.2, 0.25) is 0 Å². The first kappa shape index (κ1) is 18.5. The molecule has 1 saturated carbocycles. The number of aromatic nitrogens is 1. The maximum atomic E-state index is 13.1. The first-order valence-corrected chi connectivity index (χ1v) is 10.7. The van der Waals surface area contributed by atoms with E-state index in [0.29, 0.717) is 22.9 Å². The molecule has 5 nitrogen and oxygen atoms in total. The number of fused-ring (bicyclic) bond motifs is 1. The Bertz CT molecular complexity index is 1230. The molecular weight excluding hydrogens is 394 g/mol. The molecule has 30 heavy (non-hydrogen) atoms. The molecule has 0 bridgehead atoms. The van der Waals surface area contributed by atoms with E-state index in [2.05, 4.69) is 10.6 Å². The Labute approximate surface area is 177 Å². The Morgan fingerprint density at radius 2 is 1.73 bits per heavy atom. The second kappa shape index (κ2) is 7.72. The summed E-state index contributed by atoms with van der Waals surface area (Å²) in [6, 6.07) is 20.7. The number of carbonyl (C=O) groups excluding carboxylic acids is 2. The number of nitrogens with one attached hydrogen (secondary N) is 2. The number of anilines is 1. The van der Waals surface area contributed by atoms with Crippen LogP contribution < -0.4 is 10.6 Å². The van der Waals surface area contributed by atoms with Gasteiger partial charge in [0.25, 0.3) is 11.8 Å². The highest BCUT2D eigenvalue weighted by atomic mass is 32.1. The zero-order chi connectivity index (χ0) is 20.5. The molecule has 5 rings (SSSR count). The summed E-state index contributed by atoms with van der Waals surface area (Å²) in [5.41, 5.74) is 3.36. The van der Waals surface area contributed by atoms with Crippen LogP contribution in [0.25, 0.3) is 21.5 Å². The first-order chi connectivity index (χ1) is 14.7. The third-order valence-corrected chi connectivity index (χ3v) is 5.94. The highest BCUT2D eigenvalue weighted by Crippen LogP contribution is 2.28. The van der Waals surface area contributed by atoms with Gasteiger partial charge in [-0.1, -0.05) is 24.3 Å². The van der Waals surface area contributed by atoms with Crippen LogP contribution in [-0.2, 0) is 0 Å². The van der Waals surface area contributed by atoms with E-state index in [1.807, 2.05) is 47.8 Å². The number of thiophene rings is 1. The van der Waals surface area contributed by atoms with Gasteiger partial charge in [-0.2, -0.15) is 0 Å². The maximum Gasteiger partial charge on any atom is 0.256 e. The lowest BCUT2D eigenvalue weighted by Gasteiger charge is -2.10. The van der Waals surface area contributed by atoms with Gasteiger partial charge in [0.15, 0.2) is 0 Å². The lowest BCUT2D eigenvalue weighted by atomic mass is 10.1. The summed E-state index contributed by atoms with van der Waals surface area (Å²) in [6.07, 6.45) is 2.10. The fourth-order valence-electron chi connectivity index (χ4n) is 3.31. The van der Waals surface area contributed by atoms with Crippen molar-refractivity contribution in [1.82, 2.24) is 10.3 Å². The quantitative estimate of drug-likeness (QED) is 0.478. The van der Waals surface area contributed by atoms with Crippen molar-refractivity contribution in [3.05, 3.63) is 83.2 Å². The number of hydrogen-bond acceptors (Lipinski definition) is 4. The topological polar surface area (TPSA) is 71.1 Å². The average molecular weight is 414 g/mol. The molecule has 2 amide bonds. The molecule has 0 aliphatic heterocycles. The molecule has 0 spiro atoms. The Kier molecular flexibility index (Phi) is 4.77. The molecule has 1 fully saturated rings. The monoisotopic (exact) mass is 413 g/mol. The molecule has 0 unspecified atom stereocenters. The van der Waals surface area contributed by atoms with Gasteiger partial charge in [0.05, 0.1) is 21.7 Å². The predicted octanol–water partition coefficient (Wildman–Crippen LogP) is 5.11. The van der Waals surface area contributed by atoms with E-state index in [0.717, 1.165) is 34.3 Å². The molecular formula is C24H19N3O2S. The van der Waals surface area contributed by atoms with Crippen LogP contribution in [0.3, 0.4) is 0 Å². The SMILES string of the molecule is O=C(NC1CC1)c1ccc(NC(=O)c2cc(-c3cccs3)nc3ccccc23)cc1. The molecule has 2 aromatic heterocycles. The minimum Gasteiger partial charge on any atom is -0.349 e. The summed E-state index contributed by atoms with van der Waals surface area (Å²) in [4.78, 5) is 31.0. The van der Waals surface area contributed by atoms with Crippen LogP contribution in [-0.4, -0.2) is 22.8 Å². The molecule has 2 aromatic carbocycles. The highest BCUT2D eigenvalue weighted by Gasteiger charge is 2.23. The Hall–Kier alpha value is -3.51. The van der Waals surface area contributed by atoms with Gasteiger partial charge in [0, 0.05) is 22.7 Å². The van der Waals surface area contributed by atoms with Crippen molar-refractivity contribution in [2.24, 2.45) is 0 Å². The molecule has 2 N–H and O–H groups in total. The summed E-state index contributed by atoms with van der Waals surface area (Å²) in [5, 5.41) is 8.71. The normalized spacial score (nSPS) is 13.2. The zero-order valence-electron chi connectivity index (χ0n) is 16.1. The van der Waals surface area contributed by atoms with Crippen LogP contribution in [0.1, 0.15) is 33.6 Å². The second-order valence-corrected chi connectivity index (χ2v) is 8.28. The molecule has 0 radical (unpaired) electrons. The number of rotatable bonds is 5. The van der Waals surface area contributed by atoms with Gasteiger partial charge in [-0.25, -0.2) is 4.98 Å². The van der Waals surface area contributed by atoms with Crippen molar-refractivity contribution in [2.75, 3.05) is 5.32 Å².